The number of carbonyl (C=O) groups is 9. The van der Waals surface area contributed by atoms with Crippen LogP contribution in [0.4, 0.5) is 0 Å². The summed E-state index contributed by atoms with van der Waals surface area (Å²) in [4.78, 5) is 120. The summed E-state index contributed by atoms with van der Waals surface area (Å²) in [5, 5.41) is 44.5. The van der Waals surface area contributed by atoms with E-state index in [1.807, 2.05) is 0 Å². The van der Waals surface area contributed by atoms with Gasteiger partial charge in [-0.2, -0.15) is 0 Å². The highest BCUT2D eigenvalue weighted by molar-refractivity contribution is 5.98. The standard InChI is InChI=1S/C46H66N8O12/c1-8-26(6)38(53-40(59)31(47)23-35(56)57)44(63)50-33(22-29-16-18-30(55)19-17-29)42(61)49-32(21-28-13-10-9-11-14-28)41(60)48-27(7)39(58)51-36(24(2)3)43(62)52-37(25(4)5)45(64)54-20-12-15-34(54)46(65)66/h9-11,13-14,16-19,24-27,31-34,36-38,55H,8,12,15,20-23,47H2,1-7H3,(H,48,60)(H,49,61)(H,50,63)(H,51,58)(H,52,62)(H,53,59)(H,56,57)(H,65,66)/t26-,27-,31-,32-,33-,34-,36-,37-,38-/m0/s1. The van der Waals surface area contributed by atoms with Crippen molar-refractivity contribution in [3.63, 3.8) is 0 Å². The highest BCUT2D eigenvalue weighted by Crippen LogP contribution is 2.21. The van der Waals surface area contributed by atoms with E-state index in [-0.39, 0.29) is 31.6 Å². The number of likely N-dealkylation sites (tertiary alicyclic amines) is 1. The van der Waals surface area contributed by atoms with Gasteiger partial charge >= 0.3 is 11.9 Å². The second-order valence-corrected chi connectivity index (χ2v) is 17.5. The summed E-state index contributed by atoms with van der Waals surface area (Å²) in [5.74, 6) is -9.25. The van der Waals surface area contributed by atoms with Gasteiger partial charge in [0.15, 0.2) is 0 Å². The second kappa shape index (κ2) is 25.2. The molecule has 2 aromatic carbocycles. The van der Waals surface area contributed by atoms with Crippen LogP contribution in [-0.4, -0.2) is 128 Å². The number of phenols is 1. The Kier molecular flexibility index (Phi) is 20.5. The van der Waals surface area contributed by atoms with Crippen molar-refractivity contribution in [1.29, 1.82) is 0 Å². The quantitative estimate of drug-likeness (QED) is 0.0681. The largest absolute Gasteiger partial charge is 0.508 e. The summed E-state index contributed by atoms with van der Waals surface area (Å²) in [7, 11) is 0. The van der Waals surface area contributed by atoms with Crippen molar-refractivity contribution >= 4 is 53.3 Å². The molecule has 0 aliphatic carbocycles. The molecule has 20 nitrogen and oxygen atoms in total. The third-order valence-corrected chi connectivity index (χ3v) is 11.5. The minimum atomic E-state index is -1.46. The lowest BCUT2D eigenvalue weighted by Crippen LogP contribution is -2.61. The fourth-order valence-electron chi connectivity index (χ4n) is 7.33. The summed E-state index contributed by atoms with van der Waals surface area (Å²) < 4.78 is 0. The molecular weight excluding hydrogens is 857 g/mol. The van der Waals surface area contributed by atoms with E-state index in [0.29, 0.717) is 24.0 Å². The summed E-state index contributed by atoms with van der Waals surface area (Å²) in [5.41, 5.74) is 6.90. The number of hydrogen-bond acceptors (Lipinski definition) is 11. The normalized spacial score (nSPS) is 17.2. The first-order valence-corrected chi connectivity index (χ1v) is 22.2. The van der Waals surface area contributed by atoms with Crippen molar-refractivity contribution in [1.82, 2.24) is 36.8 Å². The maximum atomic E-state index is 14.3. The van der Waals surface area contributed by atoms with E-state index in [1.165, 1.54) is 36.1 Å². The average Bonchev–Trinajstić information content (AvgIpc) is 3.77. The highest BCUT2D eigenvalue weighted by Gasteiger charge is 2.40. The average molecular weight is 923 g/mol. The predicted octanol–water partition coefficient (Wildman–Crippen LogP) is 0.342. The first-order valence-electron chi connectivity index (χ1n) is 22.2. The zero-order valence-corrected chi connectivity index (χ0v) is 38.5. The lowest BCUT2D eigenvalue weighted by molar-refractivity contribution is -0.150. The highest BCUT2D eigenvalue weighted by atomic mass is 16.4. The van der Waals surface area contributed by atoms with Crippen LogP contribution in [0.5, 0.6) is 5.75 Å². The monoisotopic (exact) mass is 922 g/mol. The second-order valence-electron chi connectivity index (χ2n) is 17.5. The number of nitrogens with one attached hydrogen (secondary N) is 6. The van der Waals surface area contributed by atoms with Gasteiger partial charge in [0.05, 0.1) is 12.5 Å². The Morgan fingerprint density at radius 1 is 0.636 bits per heavy atom. The van der Waals surface area contributed by atoms with Crippen LogP contribution >= 0.6 is 0 Å². The molecule has 3 rings (SSSR count). The SMILES string of the molecule is CC[C@H](C)[C@H](NC(=O)[C@@H](N)CC(=O)O)C(=O)N[C@@H](Cc1ccc(O)cc1)C(=O)N[C@@H](Cc1ccccc1)C(=O)N[C@@H](C)C(=O)N[C@H](C(=O)N[C@H](C(=O)N1CCC[C@H]1C(=O)O)C(C)C)C(C)C. The van der Waals surface area contributed by atoms with Gasteiger partial charge in [-0.25, -0.2) is 4.79 Å². The first kappa shape index (κ1) is 53.8. The number of hydrogen-bond donors (Lipinski definition) is 10. The maximum absolute atomic E-state index is 14.3. The number of nitrogens with two attached hydrogens (primary N) is 1. The molecule has 66 heavy (non-hydrogen) atoms. The van der Waals surface area contributed by atoms with Crippen LogP contribution in [0.3, 0.4) is 0 Å². The number of amides is 7. The molecule has 1 heterocycles. The number of rotatable bonds is 24. The van der Waals surface area contributed by atoms with E-state index >= 15 is 0 Å². The fourth-order valence-corrected chi connectivity index (χ4v) is 7.33. The molecule has 11 N–H and O–H groups in total. The van der Waals surface area contributed by atoms with Gasteiger partial charge in [-0.1, -0.05) is 90.4 Å². The van der Waals surface area contributed by atoms with Crippen molar-refractivity contribution in [2.45, 2.75) is 135 Å². The molecule has 9 atom stereocenters. The number of aromatic hydroxyl groups is 1. The van der Waals surface area contributed by atoms with Gasteiger partial charge in [-0.15, -0.1) is 0 Å². The number of aliphatic carboxylic acids is 2. The van der Waals surface area contributed by atoms with Crippen LogP contribution in [0, 0.1) is 17.8 Å². The Labute approximate surface area is 384 Å². The molecule has 7 amide bonds. The first-order chi connectivity index (χ1) is 31.0. The zero-order chi connectivity index (χ0) is 49.4. The smallest absolute Gasteiger partial charge is 0.326 e. The summed E-state index contributed by atoms with van der Waals surface area (Å²) in [6.07, 6.45) is 0.271. The summed E-state index contributed by atoms with van der Waals surface area (Å²) in [6.45, 7) is 11.8. The molecule has 0 aromatic heterocycles. The molecule has 0 spiro atoms. The zero-order valence-electron chi connectivity index (χ0n) is 38.5. The fraction of sp³-hybridized carbons (Fsp3) is 0.543. The van der Waals surface area contributed by atoms with Gasteiger partial charge in [0.2, 0.25) is 41.4 Å². The number of nitrogens with zero attached hydrogens (tertiary/aromatic N) is 1. The minimum Gasteiger partial charge on any atom is -0.508 e. The third kappa shape index (κ3) is 15.8. The van der Waals surface area contributed by atoms with Gasteiger partial charge in [0, 0.05) is 19.4 Å². The van der Waals surface area contributed by atoms with E-state index in [2.05, 4.69) is 31.9 Å². The van der Waals surface area contributed by atoms with Crippen molar-refractivity contribution in [2.75, 3.05) is 6.54 Å². The number of carbonyl (C=O) groups excluding carboxylic acids is 7. The number of phenolic OH excluding ortho intramolecular Hbond substituents is 1. The van der Waals surface area contributed by atoms with Crippen LogP contribution in [0.15, 0.2) is 54.6 Å². The van der Waals surface area contributed by atoms with E-state index in [0.717, 1.165) is 0 Å². The van der Waals surface area contributed by atoms with Gasteiger partial charge in [-0.3, -0.25) is 38.4 Å². The molecule has 1 aliphatic rings. The van der Waals surface area contributed by atoms with E-state index in [4.69, 9.17) is 10.8 Å². The summed E-state index contributed by atoms with van der Waals surface area (Å²) in [6, 6.07) is 4.51. The molecule has 20 heteroatoms. The number of carboxylic acid groups (broad SMARTS) is 2. The van der Waals surface area contributed by atoms with Crippen molar-refractivity contribution < 1.29 is 58.5 Å². The topological polar surface area (TPSA) is 316 Å². The Hall–Kier alpha value is -6.57. The Balaban J connectivity index is 1.86. The molecular formula is C46H66N8O12. The predicted molar refractivity (Wildman–Crippen MR) is 241 cm³/mol. The van der Waals surface area contributed by atoms with Gasteiger partial charge in [0.25, 0.3) is 0 Å². The molecule has 0 radical (unpaired) electrons. The van der Waals surface area contributed by atoms with Crippen molar-refractivity contribution in [2.24, 2.45) is 23.5 Å². The van der Waals surface area contributed by atoms with Crippen LogP contribution < -0.4 is 37.6 Å². The van der Waals surface area contributed by atoms with Crippen LogP contribution in [0.1, 0.15) is 85.3 Å². The lowest BCUT2D eigenvalue weighted by atomic mass is 9.96. The molecule has 362 valence electrons. The van der Waals surface area contributed by atoms with Crippen molar-refractivity contribution in [3.8, 4) is 5.75 Å². The number of benzene rings is 2. The van der Waals surface area contributed by atoms with Gasteiger partial charge in [0.1, 0.15) is 48.0 Å². The molecule has 0 saturated carbocycles. The van der Waals surface area contributed by atoms with E-state index in [9.17, 15) is 53.4 Å². The summed E-state index contributed by atoms with van der Waals surface area (Å²) >= 11 is 0. The lowest BCUT2D eigenvalue weighted by Gasteiger charge is -2.31. The van der Waals surface area contributed by atoms with Crippen molar-refractivity contribution in [3.05, 3.63) is 65.7 Å². The molecule has 0 unspecified atom stereocenters. The van der Waals surface area contributed by atoms with E-state index in [1.54, 1.807) is 71.9 Å². The molecule has 1 aliphatic heterocycles. The maximum Gasteiger partial charge on any atom is 0.326 e. The molecule has 1 saturated heterocycles. The Bertz CT molecular complexity index is 2030. The van der Waals surface area contributed by atoms with E-state index < -0.39 is 126 Å². The third-order valence-electron chi connectivity index (χ3n) is 11.5. The molecule has 0 bridgehead atoms. The van der Waals surface area contributed by atoms with Crippen LogP contribution in [-0.2, 0) is 56.0 Å². The molecule has 1 fully saturated rings. The molecule has 2 aromatic rings. The number of carboxylic acids is 2. The van der Waals surface area contributed by atoms with Gasteiger partial charge < -0.3 is 57.9 Å². The van der Waals surface area contributed by atoms with Crippen LogP contribution in [0.25, 0.3) is 0 Å². The van der Waals surface area contributed by atoms with Gasteiger partial charge in [-0.05, 0) is 60.8 Å². The Morgan fingerprint density at radius 2 is 1.14 bits per heavy atom. The Morgan fingerprint density at radius 3 is 1.67 bits per heavy atom. The minimum absolute atomic E-state index is 0.0535. The van der Waals surface area contributed by atoms with Crippen LogP contribution in [0.2, 0.25) is 0 Å².